The zero-order valence-electron chi connectivity index (χ0n) is 19.4. The van der Waals surface area contributed by atoms with Crippen molar-refractivity contribution in [2.24, 2.45) is 11.8 Å². The van der Waals surface area contributed by atoms with E-state index in [0.717, 1.165) is 36.4 Å². The van der Waals surface area contributed by atoms with Gasteiger partial charge in [0.2, 0.25) is 0 Å². The molecular formula is C27H32N2O3. The van der Waals surface area contributed by atoms with E-state index < -0.39 is 0 Å². The fourth-order valence-corrected chi connectivity index (χ4v) is 4.35. The third kappa shape index (κ3) is 4.29. The van der Waals surface area contributed by atoms with Gasteiger partial charge in [-0.15, -0.1) is 0 Å². The molecule has 5 nitrogen and oxygen atoms in total. The van der Waals surface area contributed by atoms with Gasteiger partial charge < -0.3 is 9.64 Å². The molecule has 2 aromatic carbocycles. The van der Waals surface area contributed by atoms with Gasteiger partial charge in [0, 0.05) is 18.8 Å². The van der Waals surface area contributed by atoms with Gasteiger partial charge in [0.15, 0.2) is 0 Å². The summed E-state index contributed by atoms with van der Waals surface area (Å²) >= 11 is 0. The number of hydrogen-bond donors (Lipinski definition) is 0. The first-order valence-electron chi connectivity index (χ1n) is 11.6. The lowest BCUT2D eigenvalue weighted by Crippen LogP contribution is -2.38. The third-order valence-electron chi connectivity index (χ3n) is 5.80. The van der Waals surface area contributed by atoms with Gasteiger partial charge in [-0.1, -0.05) is 58.0 Å². The van der Waals surface area contributed by atoms with Crippen LogP contribution in [0.3, 0.4) is 0 Å². The zero-order valence-corrected chi connectivity index (χ0v) is 19.4. The summed E-state index contributed by atoms with van der Waals surface area (Å²) < 4.78 is 5.81. The number of carbonyl (C=O) groups excluding carboxylic acids is 2. The van der Waals surface area contributed by atoms with Crippen molar-refractivity contribution in [3.05, 3.63) is 65.4 Å². The average molecular weight is 433 g/mol. The molecule has 4 rings (SSSR count). The number of hydrogen-bond acceptors (Lipinski definition) is 4. The number of rotatable bonds is 7. The van der Waals surface area contributed by atoms with Gasteiger partial charge in [-0.05, 0) is 54.0 Å². The predicted octanol–water partition coefficient (Wildman–Crippen LogP) is 4.91. The van der Waals surface area contributed by atoms with Crippen LogP contribution in [-0.2, 0) is 16.0 Å². The van der Waals surface area contributed by atoms with Crippen molar-refractivity contribution in [1.82, 2.24) is 4.90 Å². The van der Waals surface area contributed by atoms with Crippen molar-refractivity contribution >= 4 is 23.1 Å². The summed E-state index contributed by atoms with van der Waals surface area (Å²) in [7, 11) is 0. The maximum atomic E-state index is 13.6. The number of para-hydroxylation sites is 1. The van der Waals surface area contributed by atoms with Crippen LogP contribution in [-0.4, -0.2) is 36.4 Å². The molecule has 2 aliphatic rings. The van der Waals surface area contributed by atoms with Gasteiger partial charge in [-0.3, -0.25) is 14.5 Å². The number of carbonyl (C=O) groups is 2. The van der Waals surface area contributed by atoms with Crippen LogP contribution in [0.4, 0.5) is 5.69 Å². The van der Waals surface area contributed by atoms with Crippen LogP contribution in [0.1, 0.15) is 45.2 Å². The van der Waals surface area contributed by atoms with Gasteiger partial charge in [-0.25, -0.2) is 0 Å². The van der Waals surface area contributed by atoms with Crippen molar-refractivity contribution in [3.8, 4) is 5.75 Å². The minimum atomic E-state index is -0.211. The molecule has 0 aliphatic carbocycles. The second-order valence-electron chi connectivity index (χ2n) is 9.45. The first-order valence-corrected chi connectivity index (χ1v) is 11.6. The van der Waals surface area contributed by atoms with Crippen molar-refractivity contribution in [2.75, 3.05) is 24.6 Å². The van der Waals surface area contributed by atoms with E-state index in [1.54, 1.807) is 0 Å². The molecule has 0 saturated heterocycles. The molecule has 0 spiro atoms. The normalized spacial score (nSPS) is 16.4. The van der Waals surface area contributed by atoms with E-state index in [4.69, 9.17) is 4.74 Å². The molecule has 0 atom stereocenters. The molecule has 2 aromatic rings. The van der Waals surface area contributed by atoms with Crippen LogP contribution in [0.2, 0.25) is 0 Å². The highest BCUT2D eigenvalue weighted by atomic mass is 16.5. The molecule has 2 heterocycles. The quantitative estimate of drug-likeness (QED) is 0.584. The Bertz CT molecular complexity index is 1040. The van der Waals surface area contributed by atoms with Crippen molar-refractivity contribution < 1.29 is 14.3 Å². The van der Waals surface area contributed by atoms with Gasteiger partial charge in [0.05, 0.1) is 12.2 Å². The van der Waals surface area contributed by atoms with Gasteiger partial charge in [-0.2, -0.15) is 0 Å². The molecule has 0 fully saturated rings. The highest BCUT2D eigenvalue weighted by Gasteiger charge is 2.42. The number of anilines is 1. The monoisotopic (exact) mass is 432 g/mol. The number of aryl methyl sites for hydroxylation is 1. The Kier molecular flexibility index (Phi) is 6.35. The van der Waals surface area contributed by atoms with Crippen LogP contribution < -0.4 is 9.64 Å². The molecule has 2 aliphatic heterocycles. The van der Waals surface area contributed by atoms with E-state index >= 15 is 0 Å². The average Bonchev–Trinajstić information content (AvgIpc) is 3.02. The van der Waals surface area contributed by atoms with E-state index in [1.165, 1.54) is 10.5 Å². The Labute approximate surface area is 190 Å². The molecule has 0 aromatic heterocycles. The lowest BCUT2D eigenvalue weighted by Gasteiger charge is -2.32. The second-order valence-corrected chi connectivity index (χ2v) is 9.45. The molecule has 0 saturated carbocycles. The zero-order chi connectivity index (χ0) is 22.8. The molecule has 0 N–H and O–H groups in total. The summed E-state index contributed by atoms with van der Waals surface area (Å²) in [6, 6.07) is 15.7. The number of amides is 2. The SMILES string of the molecule is CC(C)COc1ccc(C2=C(N3CCCc4ccccc43)C(=O)N(CC(C)C)C2=O)cc1. The summed E-state index contributed by atoms with van der Waals surface area (Å²) in [5, 5.41) is 0. The third-order valence-corrected chi connectivity index (χ3v) is 5.80. The van der Waals surface area contributed by atoms with Gasteiger partial charge >= 0.3 is 0 Å². The number of benzene rings is 2. The summed E-state index contributed by atoms with van der Waals surface area (Å²) in [5.74, 6) is 0.989. The number of imide groups is 1. The minimum absolute atomic E-state index is 0.198. The highest BCUT2D eigenvalue weighted by Crippen LogP contribution is 2.38. The molecule has 32 heavy (non-hydrogen) atoms. The lowest BCUT2D eigenvalue weighted by atomic mass is 9.98. The Hall–Kier alpha value is -3.08. The highest BCUT2D eigenvalue weighted by molar-refractivity contribution is 6.36. The Morgan fingerprint density at radius 1 is 0.906 bits per heavy atom. The largest absolute Gasteiger partial charge is 0.493 e. The van der Waals surface area contributed by atoms with Crippen LogP contribution in [0, 0.1) is 11.8 Å². The number of ether oxygens (including phenoxy) is 1. The Morgan fingerprint density at radius 3 is 2.31 bits per heavy atom. The van der Waals surface area contributed by atoms with E-state index in [2.05, 4.69) is 24.8 Å². The van der Waals surface area contributed by atoms with E-state index in [9.17, 15) is 9.59 Å². The molecular weight excluding hydrogens is 400 g/mol. The van der Waals surface area contributed by atoms with Crippen LogP contribution in [0.5, 0.6) is 5.75 Å². The molecule has 0 unspecified atom stereocenters. The lowest BCUT2D eigenvalue weighted by molar-refractivity contribution is -0.137. The van der Waals surface area contributed by atoms with Gasteiger partial charge in [0.25, 0.3) is 11.8 Å². The van der Waals surface area contributed by atoms with E-state index in [1.807, 2.05) is 56.3 Å². The number of nitrogens with zero attached hydrogens (tertiary/aromatic N) is 2. The molecule has 168 valence electrons. The summed E-state index contributed by atoms with van der Waals surface area (Å²) in [6.07, 6.45) is 1.93. The Balaban J connectivity index is 1.77. The Morgan fingerprint density at radius 2 is 1.62 bits per heavy atom. The maximum absolute atomic E-state index is 13.6. The summed E-state index contributed by atoms with van der Waals surface area (Å²) in [4.78, 5) is 30.5. The fourth-order valence-electron chi connectivity index (χ4n) is 4.35. The van der Waals surface area contributed by atoms with Crippen molar-refractivity contribution in [3.63, 3.8) is 0 Å². The van der Waals surface area contributed by atoms with Crippen LogP contribution >= 0.6 is 0 Å². The number of fused-ring (bicyclic) bond motifs is 1. The van der Waals surface area contributed by atoms with Crippen molar-refractivity contribution in [1.29, 1.82) is 0 Å². The van der Waals surface area contributed by atoms with Crippen molar-refractivity contribution in [2.45, 2.75) is 40.5 Å². The van der Waals surface area contributed by atoms with Crippen LogP contribution in [0.15, 0.2) is 54.2 Å². The van der Waals surface area contributed by atoms with E-state index in [0.29, 0.717) is 30.3 Å². The predicted molar refractivity (Wildman–Crippen MR) is 127 cm³/mol. The summed E-state index contributed by atoms with van der Waals surface area (Å²) in [5.41, 5.74) is 3.98. The van der Waals surface area contributed by atoms with Gasteiger partial charge in [0.1, 0.15) is 11.4 Å². The smallest absolute Gasteiger partial charge is 0.278 e. The topological polar surface area (TPSA) is 49.9 Å². The minimum Gasteiger partial charge on any atom is -0.493 e. The maximum Gasteiger partial charge on any atom is 0.278 e. The molecule has 5 heteroatoms. The standard InChI is InChI=1S/C27H32N2O3/c1-18(2)16-29-26(30)24(21-11-13-22(14-12-21)32-17-19(3)4)25(27(29)31)28-15-7-9-20-8-5-6-10-23(20)28/h5-6,8,10-14,18-19H,7,9,15-17H2,1-4H3. The first kappa shape index (κ1) is 22.1. The second kappa shape index (κ2) is 9.19. The molecule has 2 amide bonds. The fraction of sp³-hybridized carbons (Fsp3) is 0.407. The van der Waals surface area contributed by atoms with Crippen LogP contribution in [0.25, 0.3) is 5.57 Å². The van der Waals surface area contributed by atoms with E-state index in [-0.39, 0.29) is 17.7 Å². The summed E-state index contributed by atoms with van der Waals surface area (Å²) in [6.45, 7) is 10.0. The first-order chi connectivity index (χ1) is 15.4. The molecule has 0 bridgehead atoms. The molecule has 0 radical (unpaired) electrons.